The maximum Gasteiger partial charge on any atom is 0.135 e. The van der Waals surface area contributed by atoms with Crippen LogP contribution in [0.5, 0.6) is 0 Å². The van der Waals surface area contributed by atoms with Gasteiger partial charge >= 0.3 is 0 Å². The van der Waals surface area contributed by atoms with Crippen LogP contribution in [0.2, 0.25) is 0 Å². The summed E-state index contributed by atoms with van der Waals surface area (Å²) in [6.45, 7) is 5.78. The van der Waals surface area contributed by atoms with E-state index in [0.29, 0.717) is 11.4 Å². The highest BCUT2D eigenvalue weighted by atomic mass is 19.1. The Morgan fingerprint density at radius 1 is 0.971 bits per heavy atom. The zero-order valence-electron chi connectivity index (χ0n) is 19.7. The highest BCUT2D eigenvalue weighted by molar-refractivity contribution is 5.62. The molecule has 7 nitrogen and oxygen atoms in total. The summed E-state index contributed by atoms with van der Waals surface area (Å²) in [6.07, 6.45) is 2.51. The number of aromatic nitrogens is 5. The second kappa shape index (κ2) is 10.4. The van der Waals surface area contributed by atoms with Crippen molar-refractivity contribution in [1.29, 1.82) is 0 Å². The summed E-state index contributed by atoms with van der Waals surface area (Å²) in [6, 6.07) is 11.1. The van der Waals surface area contributed by atoms with Crippen molar-refractivity contribution in [3.05, 3.63) is 83.4 Å². The fourth-order valence-corrected chi connectivity index (χ4v) is 3.94. The Bertz CT molecular complexity index is 1300. The smallest absolute Gasteiger partial charge is 0.135 e. The number of aliphatic hydroxyl groups excluding tert-OH is 2. The molecule has 1 aromatic carbocycles. The minimum absolute atomic E-state index is 0.0379. The van der Waals surface area contributed by atoms with Gasteiger partial charge in [-0.05, 0) is 41.8 Å². The lowest BCUT2D eigenvalue weighted by atomic mass is 9.91. The van der Waals surface area contributed by atoms with Crippen LogP contribution >= 0.6 is 0 Å². The van der Waals surface area contributed by atoms with Gasteiger partial charge in [0.1, 0.15) is 11.6 Å². The molecule has 2 N–H and O–H groups in total. The van der Waals surface area contributed by atoms with Crippen molar-refractivity contribution in [3.63, 3.8) is 0 Å². The Morgan fingerprint density at radius 2 is 1.69 bits per heavy atom. The van der Waals surface area contributed by atoms with Gasteiger partial charge in [-0.3, -0.25) is 9.67 Å². The minimum Gasteiger partial charge on any atom is -0.394 e. The zero-order valence-corrected chi connectivity index (χ0v) is 19.7. The normalized spacial score (nSPS) is 13.3. The van der Waals surface area contributed by atoms with E-state index in [4.69, 9.17) is 10.1 Å². The average Bonchev–Trinajstić information content (AvgIpc) is 3.32. The number of hydrogen-bond donors (Lipinski definition) is 2. The van der Waals surface area contributed by atoms with E-state index in [9.17, 15) is 13.9 Å². The van der Waals surface area contributed by atoms with Crippen molar-refractivity contribution in [2.24, 2.45) is 0 Å². The number of rotatable bonds is 8. The largest absolute Gasteiger partial charge is 0.394 e. The lowest BCUT2D eigenvalue weighted by Crippen LogP contribution is -2.19. The lowest BCUT2D eigenvalue weighted by Gasteiger charge is -2.18. The van der Waals surface area contributed by atoms with E-state index in [-0.39, 0.29) is 36.2 Å². The van der Waals surface area contributed by atoms with Crippen LogP contribution in [0.15, 0.2) is 54.9 Å². The van der Waals surface area contributed by atoms with E-state index in [1.54, 1.807) is 23.1 Å². The molecule has 9 heteroatoms. The van der Waals surface area contributed by atoms with Gasteiger partial charge in [-0.25, -0.2) is 8.78 Å². The van der Waals surface area contributed by atoms with Gasteiger partial charge in [-0.1, -0.05) is 32.9 Å². The molecule has 35 heavy (non-hydrogen) atoms. The van der Waals surface area contributed by atoms with Crippen LogP contribution in [-0.2, 0) is 6.54 Å². The van der Waals surface area contributed by atoms with Crippen molar-refractivity contribution in [2.75, 3.05) is 6.61 Å². The van der Waals surface area contributed by atoms with E-state index in [1.165, 1.54) is 18.2 Å². The number of aliphatic hydroxyl groups is 2. The van der Waals surface area contributed by atoms with Crippen LogP contribution in [0, 0.1) is 11.6 Å². The Labute approximate surface area is 202 Å². The molecule has 0 radical (unpaired) electrons. The van der Waals surface area contributed by atoms with Crippen molar-refractivity contribution in [1.82, 2.24) is 25.0 Å². The summed E-state index contributed by atoms with van der Waals surface area (Å²) in [5, 5.41) is 31.5. The molecule has 0 bridgehead atoms. The lowest BCUT2D eigenvalue weighted by molar-refractivity contribution is 0.0783. The number of hydrogen-bond acceptors (Lipinski definition) is 6. The molecule has 4 rings (SSSR count). The van der Waals surface area contributed by atoms with Gasteiger partial charge in [0.15, 0.2) is 0 Å². The monoisotopic (exact) mass is 479 g/mol. The molecule has 0 aliphatic rings. The summed E-state index contributed by atoms with van der Waals surface area (Å²) in [5.74, 6) is -1.56. The Balaban J connectivity index is 1.67. The number of halogens is 2. The minimum atomic E-state index is -0.893. The molecule has 0 saturated carbocycles. The van der Waals surface area contributed by atoms with Gasteiger partial charge in [0.05, 0.1) is 48.1 Å². The van der Waals surface area contributed by atoms with Crippen molar-refractivity contribution in [3.8, 4) is 22.5 Å². The maximum atomic E-state index is 14.3. The molecule has 3 aromatic heterocycles. The van der Waals surface area contributed by atoms with Crippen LogP contribution in [0.1, 0.15) is 49.6 Å². The van der Waals surface area contributed by atoms with Crippen molar-refractivity contribution >= 4 is 0 Å². The van der Waals surface area contributed by atoms with Gasteiger partial charge in [0.25, 0.3) is 0 Å². The van der Waals surface area contributed by atoms with E-state index >= 15 is 0 Å². The second-order valence-electron chi connectivity index (χ2n) is 8.78. The van der Waals surface area contributed by atoms with Gasteiger partial charge < -0.3 is 10.2 Å². The average molecular weight is 480 g/mol. The summed E-state index contributed by atoms with van der Waals surface area (Å²) in [4.78, 5) is 4.79. The summed E-state index contributed by atoms with van der Waals surface area (Å²) < 4.78 is 30.2. The van der Waals surface area contributed by atoms with Crippen LogP contribution in [0.3, 0.4) is 0 Å². The van der Waals surface area contributed by atoms with E-state index < -0.39 is 17.7 Å². The van der Waals surface area contributed by atoms with Gasteiger partial charge in [0.2, 0.25) is 0 Å². The molecule has 0 aliphatic carbocycles. The second-order valence-corrected chi connectivity index (χ2v) is 8.78. The summed E-state index contributed by atoms with van der Waals surface area (Å²) in [7, 11) is 0. The predicted octanol–water partition coefficient (Wildman–Crippen LogP) is 4.31. The standard InChI is InChI=1S/C26H27F2N5O2/c1-15(2)19-10-24(25-20(27)6-4-7-21(25)28)31-32-26(19)16(3)22-8-5-9-23(30-22)17-11-29-33(12-17)13-18(35)14-34/h4-12,15-16,18,34-35H,13-14H2,1-3H3/t16?,18-/m1/s1. The topological polar surface area (TPSA) is 97.0 Å². The third-order valence-electron chi connectivity index (χ3n) is 5.86. The predicted molar refractivity (Wildman–Crippen MR) is 128 cm³/mol. The highest BCUT2D eigenvalue weighted by Gasteiger charge is 2.22. The Morgan fingerprint density at radius 3 is 2.37 bits per heavy atom. The first-order chi connectivity index (χ1) is 16.8. The zero-order chi connectivity index (χ0) is 25.1. The molecule has 3 heterocycles. The quantitative estimate of drug-likeness (QED) is 0.391. The molecule has 0 amide bonds. The number of pyridine rings is 1. The molecular formula is C26H27F2N5O2. The van der Waals surface area contributed by atoms with Gasteiger partial charge in [0, 0.05) is 23.4 Å². The third kappa shape index (κ3) is 5.26. The molecule has 1 unspecified atom stereocenters. The van der Waals surface area contributed by atoms with E-state index in [1.807, 2.05) is 39.0 Å². The van der Waals surface area contributed by atoms with Gasteiger partial charge in [-0.15, -0.1) is 0 Å². The fourth-order valence-electron chi connectivity index (χ4n) is 3.94. The van der Waals surface area contributed by atoms with E-state index in [2.05, 4.69) is 15.3 Å². The Kier molecular flexibility index (Phi) is 7.28. The first-order valence-corrected chi connectivity index (χ1v) is 11.4. The van der Waals surface area contributed by atoms with Crippen LogP contribution in [0.25, 0.3) is 22.5 Å². The van der Waals surface area contributed by atoms with Gasteiger partial charge in [-0.2, -0.15) is 15.3 Å². The van der Waals surface area contributed by atoms with Crippen LogP contribution in [-0.4, -0.2) is 47.9 Å². The maximum absolute atomic E-state index is 14.3. The van der Waals surface area contributed by atoms with Crippen molar-refractivity contribution < 1.29 is 19.0 Å². The molecule has 0 spiro atoms. The molecule has 0 saturated heterocycles. The number of nitrogens with zero attached hydrogens (tertiary/aromatic N) is 5. The van der Waals surface area contributed by atoms with Crippen LogP contribution in [0.4, 0.5) is 8.78 Å². The summed E-state index contributed by atoms with van der Waals surface area (Å²) >= 11 is 0. The summed E-state index contributed by atoms with van der Waals surface area (Å²) in [5.41, 5.74) is 3.71. The number of benzene rings is 1. The molecule has 182 valence electrons. The van der Waals surface area contributed by atoms with Crippen molar-refractivity contribution in [2.45, 2.75) is 45.3 Å². The fraction of sp³-hybridized carbons (Fsp3) is 0.308. The first kappa shape index (κ1) is 24.6. The Hall–Kier alpha value is -3.56. The highest BCUT2D eigenvalue weighted by Crippen LogP contribution is 2.33. The molecule has 0 aliphatic heterocycles. The third-order valence-corrected chi connectivity index (χ3v) is 5.86. The molecule has 2 atom stereocenters. The van der Waals surface area contributed by atoms with E-state index in [0.717, 1.165) is 16.8 Å². The molecule has 0 fully saturated rings. The molecular weight excluding hydrogens is 452 g/mol. The van der Waals surface area contributed by atoms with Crippen LogP contribution < -0.4 is 0 Å². The molecule has 4 aromatic rings. The first-order valence-electron chi connectivity index (χ1n) is 11.4. The SMILES string of the molecule is CC(C)c1cc(-c2c(F)cccc2F)nnc1C(C)c1cccc(-c2cnn(C[C@@H](O)CO)c2)n1.